The molecule has 0 bridgehead atoms. The van der Waals surface area contributed by atoms with Crippen molar-refractivity contribution in [3.63, 3.8) is 0 Å². The number of allylic oxidation sites excluding steroid dienone is 5. The maximum Gasteiger partial charge on any atom is 0.0442 e. The van der Waals surface area contributed by atoms with Crippen molar-refractivity contribution in [2.45, 2.75) is 65.8 Å². The molecule has 0 radical (unpaired) electrons. The molecule has 0 aromatic carbocycles. The van der Waals surface area contributed by atoms with Gasteiger partial charge in [-0.25, -0.2) is 0 Å². The van der Waals surface area contributed by atoms with Gasteiger partial charge in [-0.1, -0.05) is 43.2 Å². The van der Waals surface area contributed by atoms with Crippen LogP contribution in [0.5, 0.6) is 0 Å². The second kappa shape index (κ2) is 6.95. The van der Waals surface area contributed by atoms with Crippen LogP contribution < -0.4 is 0 Å². The number of rotatable bonds is 7. The zero-order valence-corrected chi connectivity index (χ0v) is 15.2. The van der Waals surface area contributed by atoms with E-state index in [-0.39, 0.29) is 0 Å². The van der Waals surface area contributed by atoms with Crippen molar-refractivity contribution in [2.24, 2.45) is 11.8 Å². The summed E-state index contributed by atoms with van der Waals surface area (Å²) in [7, 11) is 0. The fourth-order valence-corrected chi connectivity index (χ4v) is 3.56. The molecule has 23 heavy (non-hydrogen) atoms. The molecule has 3 rings (SSSR count). The van der Waals surface area contributed by atoms with E-state index in [0.29, 0.717) is 0 Å². The summed E-state index contributed by atoms with van der Waals surface area (Å²) in [5.41, 5.74) is 6.04. The summed E-state index contributed by atoms with van der Waals surface area (Å²) in [6, 6.07) is 2.34. The molecule has 1 nitrogen and oxygen atoms in total. The van der Waals surface area contributed by atoms with E-state index in [9.17, 15) is 0 Å². The van der Waals surface area contributed by atoms with Crippen LogP contribution in [-0.2, 0) is 6.54 Å². The first-order valence-corrected chi connectivity index (χ1v) is 9.23. The Morgan fingerprint density at radius 1 is 1.26 bits per heavy atom. The molecule has 1 saturated carbocycles. The van der Waals surface area contributed by atoms with Crippen LogP contribution >= 0.6 is 0 Å². The number of nitrogens with zero attached hydrogens (tertiary/aromatic N) is 1. The van der Waals surface area contributed by atoms with Gasteiger partial charge in [0.05, 0.1) is 0 Å². The maximum atomic E-state index is 2.42. The summed E-state index contributed by atoms with van der Waals surface area (Å²) in [6.45, 7) is 10.1. The van der Waals surface area contributed by atoms with Crippen molar-refractivity contribution < 1.29 is 0 Å². The van der Waals surface area contributed by atoms with Gasteiger partial charge in [-0.15, -0.1) is 0 Å². The molecule has 0 N–H and O–H groups in total. The highest BCUT2D eigenvalue weighted by Crippen LogP contribution is 2.52. The summed E-state index contributed by atoms with van der Waals surface area (Å²) in [6.07, 6.45) is 16.8. The second-order valence-electron chi connectivity index (χ2n) is 7.92. The Kier molecular flexibility index (Phi) is 4.94. The SMILES string of the molecule is C/C(=C\CC(C)C)CC/C=C(\C)Cn1ccc2c1C=CC1CC21. The third-order valence-electron chi connectivity index (χ3n) is 5.17. The third-order valence-corrected chi connectivity index (χ3v) is 5.17. The first kappa shape index (κ1) is 16.4. The number of hydrogen-bond acceptors (Lipinski definition) is 0. The smallest absolute Gasteiger partial charge is 0.0442 e. The van der Waals surface area contributed by atoms with Crippen LogP contribution in [0.4, 0.5) is 0 Å². The minimum atomic E-state index is 0.765. The van der Waals surface area contributed by atoms with Gasteiger partial charge in [0.2, 0.25) is 0 Å². The van der Waals surface area contributed by atoms with E-state index in [1.165, 1.54) is 36.1 Å². The van der Waals surface area contributed by atoms with Crippen molar-refractivity contribution in [1.82, 2.24) is 4.57 Å². The van der Waals surface area contributed by atoms with Crippen molar-refractivity contribution in [2.75, 3.05) is 0 Å². The van der Waals surface area contributed by atoms with Gasteiger partial charge < -0.3 is 4.57 Å². The number of fused-ring (bicyclic) bond motifs is 3. The van der Waals surface area contributed by atoms with E-state index >= 15 is 0 Å². The molecule has 2 atom stereocenters. The molecular formula is C22H31N. The van der Waals surface area contributed by atoms with Crippen molar-refractivity contribution >= 4 is 6.08 Å². The third kappa shape index (κ3) is 4.07. The first-order chi connectivity index (χ1) is 11.0. The quantitative estimate of drug-likeness (QED) is 0.518. The lowest BCUT2D eigenvalue weighted by Gasteiger charge is -2.11. The molecule has 1 heteroatoms. The van der Waals surface area contributed by atoms with Crippen LogP contribution in [0.25, 0.3) is 6.08 Å². The van der Waals surface area contributed by atoms with Gasteiger partial charge in [0, 0.05) is 18.4 Å². The fourth-order valence-electron chi connectivity index (χ4n) is 3.56. The molecule has 0 saturated heterocycles. The van der Waals surface area contributed by atoms with Crippen LogP contribution in [0.3, 0.4) is 0 Å². The molecule has 1 aromatic heterocycles. The van der Waals surface area contributed by atoms with E-state index in [1.807, 2.05) is 0 Å². The summed E-state index contributed by atoms with van der Waals surface area (Å²) in [5, 5.41) is 0. The van der Waals surface area contributed by atoms with Crippen LogP contribution in [0.2, 0.25) is 0 Å². The lowest BCUT2D eigenvalue weighted by atomic mass is 10.0. The van der Waals surface area contributed by atoms with Crippen LogP contribution in [-0.4, -0.2) is 4.57 Å². The van der Waals surface area contributed by atoms with Gasteiger partial charge in [0.15, 0.2) is 0 Å². The number of aromatic nitrogens is 1. The Morgan fingerprint density at radius 3 is 2.87 bits per heavy atom. The monoisotopic (exact) mass is 309 g/mol. The zero-order valence-electron chi connectivity index (χ0n) is 15.2. The van der Waals surface area contributed by atoms with Gasteiger partial charge in [0.1, 0.15) is 0 Å². The maximum absolute atomic E-state index is 2.42. The highest BCUT2D eigenvalue weighted by atomic mass is 15.0. The van der Waals surface area contributed by atoms with Crippen molar-refractivity contribution in [3.8, 4) is 0 Å². The Labute approximate surface area is 141 Å². The van der Waals surface area contributed by atoms with E-state index < -0.39 is 0 Å². The Hall–Kier alpha value is -1.50. The second-order valence-corrected chi connectivity index (χ2v) is 7.92. The highest BCUT2D eigenvalue weighted by molar-refractivity contribution is 5.59. The average Bonchev–Trinajstić information content (AvgIpc) is 3.20. The number of hydrogen-bond donors (Lipinski definition) is 0. The largest absolute Gasteiger partial charge is 0.344 e. The molecule has 2 aliphatic rings. The van der Waals surface area contributed by atoms with Gasteiger partial charge in [-0.2, -0.15) is 0 Å². The average molecular weight is 309 g/mol. The lowest BCUT2D eigenvalue weighted by Crippen LogP contribution is -2.02. The molecule has 1 aromatic rings. The predicted molar refractivity (Wildman–Crippen MR) is 101 cm³/mol. The van der Waals surface area contributed by atoms with E-state index in [0.717, 1.165) is 30.7 Å². The minimum Gasteiger partial charge on any atom is -0.344 e. The van der Waals surface area contributed by atoms with Crippen molar-refractivity contribution in [3.05, 3.63) is 52.9 Å². The zero-order chi connectivity index (χ0) is 16.4. The Balaban J connectivity index is 1.53. The van der Waals surface area contributed by atoms with E-state index in [4.69, 9.17) is 0 Å². The molecule has 0 amide bonds. The molecule has 124 valence electrons. The van der Waals surface area contributed by atoms with Crippen LogP contribution in [0.1, 0.15) is 70.6 Å². The van der Waals surface area contributed by atoms with E-state index in [2.05, 4.69) is 68.8 Å². The standard InChI is InChI=1S/C22H31N/c1-16(2)8-9-17(3)6-5-7-18(4)15-23-13-12-20-21-14-19(21)10-11-22(20)23/h7,9-13,16,19,21H,5-6,8,14-15H2,1-4H3/b17-9+,18-7+. The molecule has 2 aliphatic carbocycles. The first-order valence-electron chi connectivity index (χ1n) is 9.23. The molecule has 1 fully saturated rings. The molecular weight excluding hydrogens is 278 g/mol. The van der Waals surface area contributed by atoms with Crippen molar-refractivity contribution in [1.29, 1.82) is 0 Å². The minimum absolute atomic E-state index is 0.765. The summed E-state index contributed by atoms with van der Waals surface area (Å²) >= 11 is 0. The lowest BCUT2D eigenvalue weighted by molar-refractivity contribution is 0.659. The summed E-state index contributed by atoms with van der Waals surface area (Å²) in [5.74, 6) is 2.44. The summed E-state index contributed by atoms with van der Waals surface area (Å²) < 4.78 is 2.42. The highest BCUT2D eigenvalue weighted by Gasteiger charge is 2.40. The van der Waals surface area contributed by atoms with Crippen LogP contribution in [0.15, 0.2) is 41.6 Å². The molecule has 0 aliphatic heterocycles. The predicted octanol–water partition coefficient (Wildman–Crippen LogP) is 6.34. The molecule has 1 heterocycles. The van der Waals surface area contributed by atoms with Gasteiger partial charge in [-0.3, -0.25) is 0 Å². The Bertz CT molecular complexity index is 639. The van der Waals surface area contributed by atoms with Gasteiger partial charge in [-0.05, 0) is 75.0 Å². The molecule has 0 spiro atoms. The van der Waals surface area contributed by atoms with Gasteiger partial charge in [0.25, 0.3) is 0 Å². The van der Waals surface area contributed by atoms with Crippen LogP contribution in [0, 0.1) is 11.8 Å². The van der Waals surface area contributed by atoms with Gasteiger partial charge >= 0.3 is 0 Å². The topological polar surface area (TPSA) is 4.93 Å². The summed E-state index contributed by atoms with van der Waals surface area (Å²) in [4.78, 5) is 0. The fraction of sp³-hybridized carbons (Fsp3) is 0.545. The normalized spacial score (nSPS) is 23.2. The Morgan fingerprint density at radius 2 is 2.09 bits per heavy atom. The van der Waals surface area contributed by atoms with E-state index in [1.54, 1.807) is 5.56 Å². The molecule has 2 unspecified atom stereocenters.